The molecule has 0 bridgehead atoms. The molecule has 0 radical (unpaired) electrons. The monoisotopic (exact) mass is 1130 g/mol. The molecule has 450 valence electrons. The number of terminal acetylenes is 1. The van der Waals surface area contributed by atoms with E-state index in [-0.39, 0.29) is 93.7 Å². The van der Waals surface area contributed by atoms with Gasteiger partial charge in [0, 0.05) is 70.9 Å². The fraction of sp³-hybridized carbons (Fsp3) is 0.827. The summed E-state index contributed by atoms with van der Waals surface area (Å²) in [7, 11) is 1.26. The molecule has 4 aliphatic heterocycles. The van der Waals surface area contributed by atoms with Crippen molar-refractivity contribution in [2.24, 2.45) is 11.8 Å². The lowest BCUT2D eigenvalue weighted by molar-refractivity contribution is -0.345. The van der Waals surface area contributed by atoms with Gasteiger partial charge in [0.1, 0.15) is 73.2 Å². The fourth-order valence-corrected chi connectivity index (χ4v) is 9.75. The number of aliphatic hydroxyl groups excluding tert-OH is 8. The van der Waals surface area contributed by atoms with Crippen LogP contribution in [0.1, 0.15) is 77.0 Å². The van der Waals surface area contributed by atoms with E-state index in [0.29, 0.717) is 77.7 Å². The van der Waals surface area contributed by atoms with Gasteiger partial charge in [0.15, 0.2) is 18.9 Å². The van der Waals surface area contributed by atoms with E-state index in [1.807, 2.05) is 0 Å². The van der Waals surface area contributed by atoms with Crippen molar-refractivity contribution >= 4 is 29.5 Å². The molecule has 5 amide bonds. The van der Waals surface area contributed by atoms with Crippen LogP contribution in [0.3, 0.4) is 0 Å². The van der Waals surface area contributed by atoms with E-state index in [0.717, 1.165) is 12.8 Å². The van der Waals surface area contributed by atoms with Gasteiger partial charge in [-0.2, -0.15) is 0 Å². The van der Waals surface area contributed by atoms with Crippen molar-refractivity contribution in [3.63, 3.8) is 0 Å². The van der Waals surface area contributed by atoms with Gasteiger partial charge in [0.25, 0.3) is 11.8 Å². The molecule has 11 N–H and O–H groups in total. The number of carbonyl (C=O) groups excluding carboxylic acids is 5. The van der Waals surface area contributed by atoms with Crippen molar-refractivity contribution < 1.29 is 112 Å². The number of imide groups is 1. The largest absolute Gasteiger partial charge is 0.394 e. The molecule has 1 saturated carbocycles. The number of carbonyl (C=O) groups is 5. The first-order valence-electron chi connectivity index (χ1n) is 27.3. The van der Waals surface area contributed by atoms with E-state index in [2.05, 4.69) is 21.9 Å². The number of unbranched alkanes of at least 4 members (excludes halogenated alkanes) is 4. The minimum atomic E-state index is -1.76. The van der Waals surface area contributed by atoms with Gasteiger partial charge >= 0.3 is 0 Å². The van der Waals surface area contributed by atoms with Crippen LogP contribution >= 0.6 is 0 Å². The highest BCUT2D eigenvalue weighted by Crippen LogP contribution is 2.32. The summed E-state index contributed by atoms with van der Waals surface area (Å²) in [6.07, 6.45) is -7.94. The standard InChI is InChI=1S/C52H84N4O23/c1-3-18-53-36(58)10-6-4-8-21-73-47-34(78-50(70-2)45(67)42(47)64)29-76-52-46(68)43(65)48(35(79-52)30-75-51-44(66)41(63)40(62)33(28-57)77-51)74-22-9-5-7-11-37(59)54-19-23-71-25-26-72-24-20-55-49(69)32-14-12-31(13-15-32)27-56-38(60)16-17-39(56)61/h1,16-17,31-35,40-48,50-52,57,62-68H,4-15,18-30H2,2H3,(H,53,58)(H,54,59)(H,55,69)/t31?,32?,33-,34-,35-,40-,41-,42+,43+,44-,45-,46-,47-,48-,50+,51+,52+/m1/s1. The molecular weight excluding hydrogens is 1050 g/mol. The lowest BCUT2D eigenvalue weighted by Crippen LogP contribution is -2.63. The normalized spacial score (nSPS) is 32.9. The Morgan fingerprint density at radius 3 is 1.62 bits per heavy atom. The Hall–Kier alpha value is -3.87. The first kappa shape index (κ1) is 65.9. The lowest BCUT2D eigenvalue weighted by atomic mass is 9.81. The third-order valence-electron chi connectivity index (χ3n) is 14.4. The minimum Gasteiger partial charge on any atom is -0.394 e. The van der Waals surface area contributed by atoms with E-state index < -0.39 is 112 Å². The quantitative estimate of drug-likeness (QED) is 0.0164. The van der Waals surface area contributed by atoms with Crippen molar-refractivity contribution in [1.82, 2.24) is 20.9 Å². The highest BCUT2D eigenvalue weighted by molar-refractivity contribution is 6.12. The molecule has 27 nitrogen and oxygen atoms in total. The van der Waals surface area contributed by atoms with Crippen LogP contribution in [0.5, 0.6) is 0 Å². The Bertz CT molecular complexity index is 1900. The molecule has 1 aliphatic carbocycles. The van der Waals surface area contributed by atoms with Crippen LogP contribution < -0.4 is 16.0 Å². The number of methoxy groups -OCH3 is 1. The van der Waals surface area contributed by atoms with Gasteiger partial charge in [0.2, 0.25) is 17.7 Å². The van der Waals surface area contributed by atoms with E-state index in [4.69, 9.17) is 53.8 Å². The van der Waals surface area contributed by atoms with Crippen molar-refractivity contribution in [2.45, 2.75) is 169 Å². The van der Waals surface area contributed by atoms with Gasteiger partial charge < -0.3 is 104 Å². The summed E-state index contributed by atoms with van der Waals surface area (Å²) in [6.45, 7) is 0.777. The molecule has 5 rings (SSSR count). The number of rotatable bonds is 35. The van der Waals surface area contributed by atoms with Crippen LogP contribution in [0, 0.1) is 24.2 Å². The summed E-state index contributed by atoms with van der Waals surface area (Å²) >= 11 is 0. The number of hydrogen-bond donors (Lipinski definition) is 11. The smallest absolute Gasteiger partial charge is 0.253 e. The summed E-state index contributed by atoms with van der Waals surface area (Å²) < 4.78 is 57.4. The molecule has 3 saturated heterocycles. The predicted octanol–water partition coefficient (Wildman–Crippen LogP) is -4.00. The number of ether oxygens (including phenoxy) is 10. The third-order valence-corrected chi connectivity index (χ3v) is 14.4. The Kier molecular flexibility index (Phi) is 29.4. The Labute approximate surface area is 459 Å². The zero-order valence-corrected chi connectivity index (χ0v) is 44.9. The average molecular weight is 1130 g/mol. The first-order chi connectivity index (χ1) is 38.1. The van der Waals surface area contributed by atoms with Crippen LogP contribution in [0.4, 0.5) is 0 Å². The number of nitrogens with one attached hydrogen (secondary N) is 3. The lowest BCUT2D eigenvalue weighted by Gasteiger charge is -2.45. The molecule has 4 heterocycles. The Morgan fingerprint density at radius 2 is 1.09 bits per heavy atom. The van der Waals surface area contributed by atoms with Crippen LogP contribution in [0.15, 0.2) is 12.2 Å². The molecule has 5 aliphatic rings. The molecule has 0 aromatic carbocycles. The maximum atomic E-state index is 12.6. The van der Waals surface area contributed by atoms with Gasteiger partial charge in [-0.1, -0.05) is 18.8 Å². The second kappa shape index (κ2) is 35.2. The van der Waals surface area contributed by atoms with Crippen LogP contribution in [0.2, 0.25) is 0 Å². The summed E-state index contributed by atoms with van der Waals surface area (Å²) in [6, 6.07) is 0. The maximum Gasteiger partial charge on any atom is 0.253 e. The van der Waals surface area contributed by atoms with Crippen molar-refractivity contribution in [2.75, 3.05) is 92.8 Å². The summed E-state index contributed by atoms with van der Waals surface area (Å²) in [5, 5.41) is 93.6. The summed E-state index contributed by atoms with van der Waals surface area (Å²) in [5.74, 6) is 1.41. The van der Waals surface area contributed by atoms with Crippen LogP contribution in [-0.4, -0.2) is 260 Å². The van der Waals surface area contributed by atoms with Gasteiger partial charge in [-0.3, -0.25) is 28.9 Å². The molecular formula is C52H84N4O23. The Balaban J connectivity index is 0.987. The molecule has 0 aromatic heterocycles. The second-order valence-corrected chi connectivity index (χ2v) is 20.1. The molecule has 0 unspecified atom stereocenters. The predicted molar refractivity (Wildman–Crippen MR) is 271 cm³/mol. The number of aliphatic hydroxyl groups is 8. The van der Waals surface area contributed by atoms with Crippen LogP contribution in [0.25, 0.3) is 0 Å². The van der Waals surface area contributed by atoms with Crippen LogP contribution in [-0.2, 0) is 71.3 Å². The number of nitrogens with zero attached hydrogens (tertiary/aromatic N) is 1. The highest BCUT2D eigenvalue weighted by Gasteiger charge is 2.50. The molecule has 0 spiro atoms. The zero-order chi connectivity index (χ0) is 57.3. The molecule has 27 heteroatoms. The minimum absolute atomic E-state index is 0.0320. The average Bonchev–Trinajstić information content (AvgIpc) is 3.82. The first-order valence-corrected chi connectivity index (χ1v) is 27.3. The van der Waals surface area contributed by atoms with Gasteiger partial charge in [-0.15, -0.1) is 6.42 Å². The van der Waals surface area contributed by atoms with Gasteiger partial charge in [0.05, 0.1) is 52.8 Å². The van der Waals surface area contributed by atoms with Gasteiger partial charge in [-0.25, -0.2) is 0 Å². The number of hydrogen-bond acceptors (Lipinski definition) is 23. The van der Waals surface area contributed by atoms with Gasteiger partial charge in [-0.05, 0) is 57.3 Å². The molecule has 79 heavy (non-hydrogen) atoms. The Morgan fingerprint density at radius 1 is 0.595 bits per heavy atom. The topological polar surface area (TPSA) is 379 Å². The van der Waals surface area contributed by atoms with Crippen molar-refractivity contribution in [3.05, 3.63) is 12.2 Å². The van der Waals surface area contributed by atoms with E-state index in [1.54, 1.807) is 0 Å². The third kappa shape index (κ3) is 20.8. The zero-order valence-electron chi connectivity index (χ0n) is 44.9. The molecule has 0 aromatic rings. The van der Waals surface area contributed by atoms with E-state index >= 15 is 0 Å². The molecule has 15 atom stereocenters. The SMILES string of the molecule is C#CCNC(=O)CCCCCO[C@H]1[C@@H](O)[C@@H](O)[C@@H](OC)O[C@@H]1CO[C@H]1O[C@H](CO[C@H]2O[C@H](CO)[C@@H](O)[C@@H](O)[C@H]2O)[C@@H](OCCCCCC(=O)NCCOCCOCCNC(=O)C2CCC(CN3C(=O)C=CC3=O)CC2)[C@@H](O)[C@H]1O. The summed E-state index contributed by atoms with van der Waals surface area (Å²) in [5.41, 5.74) is 0. The van der Waals surface area contributed by atoms with Crippen molar-refractivity contribution in [3.8, 4) is 12.3 Å². The number of amides is 5. The molecule has 4 fully saturated rings. The highest BCUT2D eigenvalue weighted by atomic mass is 16.7. The fourth-order valence-electron chi connectivity index (χ4n) is 9.75. The summed E-state index contributed by atoms with van der Waals surface area (Å²) in [4.78, 5) is 62.0. The van der Waals surface area contributed by atoms with E-state index in [1.165, 1.54) is 24.2 Å². The maximum absolute atomic E-state index is 12.6. The van der Waals surface area contributed by atoms with E-state index in [9.17, 15) is 64.8 Å². The second-order valence-electron chi connectivity index (χ2n) is 20.1. The van der Waals surface area contributed by atoms with Crippen molar-refractivity contribution in [1.29, 1.82) is 0 Å².